The molecule has 1 unspecified atom stereocenters. The van der Waals surface area contributed by atoms with E-state index < -0.39 is 0 Å². The SMILES string of the molecule is Clc1ccc(C2Cn3nc(-c4nc(-c5cccc(Cl)c5)no4)cc3CO2)cc1. The van der Waals surface area contributed by atoms with E-state index in [1.165, 1.54) is 0 Å². The van der Waals surface area contributed by atoms with Gasteiger partial charge in [-0.15, -0.1) is 0 Å². The molecule has 4 aromatic rings. The fraction of sp³-hybridized carbons (Fsp3) is 0.150. The molecule has 0 amide bonds. The van der Waals surface area contributed by atoms with E-state index in [4.69, 9.17) is 32.5 Å². The van der Waals surface area contributed by atoms with E-state index in [9.17, 15) is 0 Å². The summed E-state index contributed by atoms with van der Waals surface area (Å²) in [6.07, 6.45) is -0.0813. The van der Waals surface area contributed by atoms with Crippen LogP contribution in [-0.4, -0.2) is 19.9 Å². The molecule has 1 atom stereocenters. The third-order valence-electron chi connectivity index (χ3n) is 4.60. The topological polar surface area (TPSA) is 66.0 Å². The number of hydrogen-bond acceptors (Lipinski definition) is 5. The van der Waals surface area contributed by atoms with Crippen LogP contribution in [0.25, 0.3) is 23.0 Å². The molecule has 0 saturated heterocycles. The minimum Gasteiger partial charge on any atom is -0.365 e. The molecule has 0 aliphatic carbocycles. The molecule has 0 spiro atoms. The molecule has 1 aliphatic heterocycles. The lowest BCUT2D eigenvalue weighted by Gasteiger charge is -2.24. The molecule has 0 radical (unpaired) electrons. The molecule has 2 aromatic heterocycles. The average molecular weight is 413 g/mol. The van der Waals surface area contributed by atoms with E-state index in [2.05, 4.69) is 15.2 Å². The van der Waals surface area contributed by atoms with Gasteiger partial charge in [0, 0.05) is 15.6 Å². The predicted molar refractivity (Wildman–Crippen MR) is 105 cm³/mol. The Morgan fingerprint density at radius 3 is 2.68 bits per heavy atom. The number of rotatable bonds is 3. The standard InChI is InChI=1S/C20H14Cl2N4O2/c21-14-6-4-12(5-7-14)18-10-26-16(11-27-18)9-17(24-26)20-23-19(25-28-20)13-2-1-3-15(22)8-13/h1-9,18H,10-11H2. The second kappa shape index (κ2) is 7.05. The summed E-state index contributed by atoms with van der Waals surface area (Å²) in [4.78, 5) is 4.45. The van der Waals surface area contributed by atoms with E-state index >= 15 is 0 Å². The molecule has 3 heterocycles. The van der Waals surface area contributed by atoms with Gasteiger partial charge in [0.1, 0.15) is 6.10 Å². The molecule has 1 aliphatic rings. The van der Waals surface area contributed by atoms with Crippen LogP contribution in [0.5, 0.6) is 0 Å². The van der Waals surface area contributed by atoms with Crippen molar-refractivity contribution in [1.29, 1.82) is 0 Å². The van der Waals surface area contributed by atoms with Crippen LogP contribution in [0.2, 0.25) is 10.0 Å². The fourth-order valence-electron chi connectivity index (χ4n) is 3.18. The Hall–Kier alpha value is -2.67. The highest BCUT2D eigenvalue weighted by molar-refractivity contribution is 6.31. The lowest BCUT2D eigenvalue weighted by atomic mass is 10.1. The van der Waals surface area contributed by atoms with Crippen LogP contribution in [0.4, 0.5) is 0 Å². The minimum atomic E-state index is -0.0813. The van der Waals surface area contributed by atoms with Crippen molar-refractivity contribution in [3.63, 3.8) is 0 Å². The summed E-state index contributed by atoms with van der Waals surface area (Å²) in [5.74, 6) is 0.832. The maximum Gasteiger partial charge on any atom is 0.278 e. The highest BCUT2D eigenvalue weighted by atomic mass is 35.5. The Bertz CT molecular complexity index is 1140. The molecule has 140 valence electrons. The Morgan fingerprint density at radius 2 is 1.86 bits per heavy atom. The molecule has 2 aromatic carbocycles. The van der Waals surface area contributed by atoms with Crippen LogP contribution in [0, 0.1) is 0 Å². The quantitative estimate of drug-likeness (QED) is 0.463. The normalized spacial score (nSPS) is 16.1. The van der Waals surface area contributed by atoms with Gasteiger partial charge in [-0.25, -0.2) is 0 Å². The molecule has 0 fully saturated rings. The minimum absolute atomic E-state index is 0.0813. The number of benzene rings is 2. The second-order valence-corrected chi connectivity index (χ2v) is 7.36. The van der Waals surface area contributed by atoms with Gasteiger partial charge in [0.2, 0.25) is 5.82 Å². The lowest BCUT2D eigenvalue weighted by molar-refractivity contribution is -0.00112. The van der Waals surface area contributed by atoms with Crippen LogP contribution in [-0.2, 0) is 17.9 Å². The summed E-state index contributed by atoms with van der Waals surface area (Å²) < 4.78 is 13.3. The fourth-order valence-corrected chi connectivity index (χ4v) is 3.50. The summed E-state index contributed by atoms with van der Waals surface area (Å²) in [6.45, 7) is 1.06. The zero-order valence-electron chi connectivity index (χ0n) is 14.5. The van der Waals surface area contributed by atoms with Gasteiger partial charge < -0.3 is 9.26 Å². The Kier molecular flexibility index (Phi) is 4.39. The largest absolute Gasteiger partial charge is 0.365 e. The molecule has 28 heavy (non-hydrogen) atoms. The maximum absolute atomic E-state index is 6.04. The van der Waals surface area contributed by atoms with Gasteiger partial charge in [0.05, 0.1) is 18.8 Å². The van der Waals surface area contributed by atoms with E-state index in [0.717, 1.165) is 16.8 Å². The Balaban J connectivity index is 1.40. The molecule has 6 nitrogen and oxygen atoms in total. The zero-order valence-corrected chi connectivity index (χ0v) is 16.1. The first kappa shape index (κ1) is 17.4. The Labute approximate surface area is 170 Å². The molecule has 0 saturated carbocycles. The van der Waals surface area contributed by atoms with E-state index in [-0.39, 0.29) is 6.10 Å². The van der Waals surface area contributed by atoms with Gasteiger partial charge in [-0.3, -0.25) is 4.68 Å². The van der Waals surface area contributed by atoms with E-state index in [1.54, 1.807) is 12.1 Å². The van der Waals surface area contributed by atoms with Crippen molar-refractivity contribution in [2.75, 3.05) is 0 Å². The predicted octanol–water partition coefficient (Wildman–Crippen LogP) is 5.18. The lowest BCUT2D eigenvalue weighted by Crippen LogP contribution is -2.21. The van der Waals surface area contributed by atoms with Crippen molar-refractivity contribution in [3.05, 3.63) is 75.9 Å². The van der Waals surface area contributed by atoms with E-state index in [0.29, 0.717) is 40.6 Å². The molecular formula is C20H14Cl2N4O2. The number of aromatic nitrogens is 4. The summed E-state index contributed by atoms with van der Waals surface area (Å²) in [5, 5.41) is 9.99. The van der Waals surface area contributed by atoms with Crippen LogP contribution in [0.15, 0.2) is 59.1 Å². The summed E-state index contributed by atoms with van der Waals surface area (Å²) >= 11 is 12.0. The van der Waals surface area contributed by atoms with Crippen LogP contribution >= 0.6 is 23.2 Å². The van der Waals surface area contributed by atoms with Gasteiger partial charge in [-0.05, 0) is 35.9 Å². The number of nitrogens with zero attached hydrogens (tertiary/aromatic N) is 4. The van der Waals surface area contributed by atoms with Crippen LogP contribution in [0.1, 0.15) is 17.4 Å². The number of fused-ring (bicyclic) bond motifs is 1. The molecule has 0 bridgehead atoms. The monoisotopic (exact) mass is 412 g/mol. The zero-order chi connectivity index (χ0) is 19.1. The molecule has 8 heteroatoms. The third kappa shape index (κ3) is 3.30. The van der Waals surface area contributed by atoms with Gasteiger partial charge in [0.25, 0.3) is 5.89 Å². The summed E-state index contributed by atoms with van der Waals surface area (Å²) in [7, 11) is 0. The number of ether oxygens (including phenoxy) is 1. The van der Waals surface area contributed by atoms with Crippen molar-refractivity contribution < 1.29 is 9.26 Å². The summed E-state index contributed by atoms with van der Waals surface area (Å²) in [6, 6.07) is 16.9. The van der Waals surface area contributed by atoms with Crippen LogP contribution < -0.4 is 0 Å². The molecule has 5 rings (SSSR count). The van der Waals surface area contributed by atoms with E-state index in [1.807, 2.05) is 47.1 Å². The highest BCUT2D eigenvalue weighted by Gasteiger charge is 2.24. The number of halogens is 2. The van der Waals surface area contributed by atoms with Crippen molar-refractivity contribution in [2.45, 2.75) is 19.3 Å². The van der Waals surface area contributed by atoms with Gasteiger partial charge >= 0.3 is 0 Å². The van der Waals surface area contributed by atoms with Gasteiger partial charge in [-0.1, -0.05) is 52.6 Å². The number of hydrogen-bond donors (Lipinski definition) is 0. The highest BCUT2D eigenvalue weighted by Crippen LogP contribution is 2.30. The first-order valence-corrected chi connectivity index (χ1v) is 9.45. The summed E-state index contributed by atoms with van der Waals surface area (Å²) in [5.41, 5.74) is 3.43. The van der Waals surface area contributed by atoms with Gasteiger partial charge in [-0.2, -0.15) is 10.1 Å². The average Bonchev–Trinajstić information content (AvgIpc) is 3.35. The Morgan fingerprint density at radius 1 is 1.00 bits per heavy atom. The van der Waals surface area contributed by atoms with Gasteiger partial charge in [0.15, 0.2) is 5.69 Å². The molecular weight excluding hydrogens is 399 g/mol. The van der Waals surface area contributed by atoms with Crippen molar-refractivity contribution in [1.82, 2.24) is 19.9 Å². The van der Waals surface area contributed by atoms with Crippen molar-refractivity contribution in [2.24, 2.45) is 0 Å². The first-order chi connectivity index (χ1) is 13.7. The third-order valence-corrected chi connectivity index (χ3v) is 5.09. The smallest absolute Gasteiger partial charge is 0.278 e. The first-order valence-electron chi connectivity index (χ1n) is 8.69. The van der Waals surface area contributed by atoms with Crippen molar-refractivity contribution >= 4 is 23.2 Å². The maximum atomic E-state index is 6.04. The molecule has 0 N–H and O–H groups in total. The van der Waals surface area contributed by atoms with Crippen LogP contribution in [0.3, 0.4) is 0 Å². The van der Waals surface area contributed by atoms with Crippen molar-refractivity contribution in [3.8, 4) is 23.0 Å². The second-order valence-electron chi connectivity index (χ2n) is 6.49.